The van der Waals surface area contributed by atoms with Gasteiger partial charge in [-0.05, 0) is 26.7 Å². The zero-order valence-corrected chi connectivity index (χ0v) is 14.7. The monoisotopic (exact) mass is 340 g/mol. The standard InChI is InChI=1S/C13H27BFO6P/c1-5-13(6-2,21-22(18,19)12(3,4)17)7-8-10(16)9(15)11(14)20-8/h8-11,16-17H,5-7,14H2,1-4H3,(H,18,19)/t8-,9-,10-,11-/m1/s1. The Bertz CT molecular complexity index is 425. The number of alkyl halides is 1. The molecule has 0 amide bonds. The maximum atomic E-state index is 13.7. The smallest absolute Gasteiger partial charge is 0.359 e. The zero-order valence-electron chi connectivity index (χ0n) is 13.8. The van der Waals surface area contributed by atoms with Crippen LogP contribution < -0.4 is 0 Å². The molecule has 1 unspecified atom stereocenters. The Labute approximate surface area is 132 Å². The van der Waals surface area contributed by atoms with Crippen LogP contribution in [0.15, 0.2) is 0 Å². The predicted molar refractivity (Wildman–Crippen MR) is 83.2 cm³/mol. The highest BCUT2D eigenvalue weighted by atomic mass is 31.2. The fourth-order valence-electron chi connectivity index (χ4n) is 2.53. The first-order valence-corrected chi connectivity index (χ1v) is 9.20. The highest BCUT2D eigenvalue weighted by Gasteiger charge is 2.49. The van der Waals surface area contributed by atoms with Gasteiger partial charge in [-0.1, -0.05) is 13.8 Å². The topological polar surface area (TPSA) is 96.2 Å². The number of aliphatic hydroxyl groups is 2. The largest absolute Gasteiger partial charge is 0.387 e. The first-order chi connectivity index (χ1) is 9.89. The van der Waals surface area contributed by atoms with Crippen LogP contribution in [0.5, 0.6) is 0 Å². The molecule has 0 spiro atoms. The fourth-order valence-corrected chi connectivity index (χ4v) is 3.61. The second kappa shape index (κ2) is 6.87. The minimum absolute atomic E-state index is 0.0759. The van der Waals surface area contributed by atoms with Gasteiger partial charge in [0.15, 0.2) is 5.34 Å². The van der Waals surface area contributed by atoms with E-state index in [9.17, 15) is 24.1 Å². The zero-order chi connectivity index (χ0) is 17.3. The molecule has 0 aliphatic carbocycles. The van der Waals surface area contributed by atoms with Crippen LogP contribution in [0.25, 0.3) is 0 Å². The molecule has 130 valence electrons. The molecule has 5 atom stereocenters. The van der Waals surface area contributed by atoms with Crippen LogP contribution in [0.4, 0.5) is 4.39 Å². The summed E-state index contributed by atoms with van der Waals surface area (Å²) in [6, 6.07) is -0.735. The van der Waals surface area contributed by atoms with Crippen LogP contribution in [0.1, 0.15) is 47.0 Å². The van der Waals surface area contributed by atoms with Crippen LogP contribution in [0.2, 0.25) is 0 Å². The lowest BCUT2D eigenvalue weighted by Gasteiger charge is -2.38. The molecule has 1 heterocycles. The Balaban J connectivity index is 2.96. The van der Waals surface area contributed by atoms with Crippen LogP contribution in [0, 0.1) is 0 Å². The van der Waals surface area contributed by atoms with Gasteiger partial charge in [-0.25, -0.2) is 4.39 Å². The summed E-state index contributed by atoms with van der Waals surface area (Å²) in [5.41, 5.74) is -1.08. The first kappa shape index (κ1) is 20.1. The molecule has 1 aliphatic rings. The van der Waals surface area contributed by atoms with E-state index in [0.717, 1.165) is 0 Å². The van der Waals surface area contributed by atoms with Crippen LogP contribution in [0.3, 0.4) is 0 Å². The van der Waals surface area contributed by atoms with Gasteiger partial charge in [0.2, 0.25) is 0 Å². The van der Waals surface area contributed by atoms with Crippen molar-refractivity contribution in [3.05, 3.63) is 0 Å². The van der Waals surface area contributed by atoms with Gasteiger partial charge in [-0.15, -0.1) is 0 Å². The molecule has 1 fully saturated rings. The van der Waals surface area contributed by atoms with Gasteiger partial charge in [0.05, 0.1) is 17.7 Å². The average Bonchev–Trinajstić information content (AvgIpc) is 2.64. The first-order valence-electron chi connectivity index (χ1n) is 7.62. The summed E-state index contributed by atoms with van der Waals surface area (Å²) < 4.78 is 36.8. The summed E-state index contributed by atoms with van der Waals surface area (Å²) in [5.74, 6) is 0. The van der Waals surface area contributed by atoms with Gasteiger partial charge >= 0.3 is 7.60 Å². The van der Waals surface area contributed by atoms with E-state index in [0.29, 0.717) is 12.8 Å². The number of rotatable bonds is 7. The Hall–Kier alpha value is 0.0249. The van der Waals surface area contributed by atoms with Gasteiger partial charge < -0.3 is 19.8 Å². The summed E-state index contributed by atoms with van der Waals surface area (Å²) in [7, 11) is -2.78. The molecule has 0 aromatic rings. The molecule has 0 saturated carbocycles. The van der Waals surface area contributed by atoms with Gasteiger partial charge in [0.1, 0.15) is 20.1 Å². The lowest BCUT2D eigenvalue weighted by molar-refractivity contribution is -0.0519. The maximum absolute atomic E-state index is 13.7. The Morgan fingerprint density at radius 1 is 1.36 bits per heavy atom. The van der Waals surface area contributed by atoms with Gasteiger partial charge in [0.25, 0.3) is 0 Å². The van der Waals surface area contributed by atoms with Crippen molar-refractivity contribution in [3.8, 4) is 0 Å². The van der Waals surface area contributed by atoms with Gasteiger partial charge in [-0.2, -0.15) is 0 Å². The molecule has 0 radical (unpaired) electrons. The molecule has 1 aliphatic heterocycles. The van der Waals surface area contributed by atoms with E-state index < -0.39 is 42.9 Å². The number of halogens is 1. The molecule has 9 heteroatoms. The van der Waals surface area contributed by atoms with E-state index in [2.05, 4.69) is 0 Å². The van der Waals surface area contributed by atoms with Crippen LogP contribution in [-0.4, -0.2) is 58.3 Å². The summed E-state index contributed by atoms with van der Waals surface area (Å²) in [5, 5.41) is 17.8. The Morgan fingerprint density at radius 2 is 1.86 bits per heavy atom. The predicted octanol–water partition coefficient (Wildman–Crippen LogP) is 0.923. The third kappa shape index (κ3) is 4.10. The van der Waals surface area contributed by atoms with E-state index in [-0.39, 0.29) is 6.42 Å². The minimum Gasteiger partial charge on any atom is -0.387 e. The summed E-state index contributed by atoms with van der Waals surface area (Å²) in [6.45, 7) is 5.94. The average molecular weight is 340 g/mol. The van der Waals surface area contributed by atoms with Crippen molar-refractivity contribution < 1.29 is 33.3 Å². The van der Waals surface area contributed by atoms with Crippen molar-refractivity contribution in [2.24, 2.45) is 0 Å². The normalized spacial score (nSPS) is 32.9. The van der Waals surface area contributed by atoms with Crippen molar-refractivity contribution >= 4 is 15.4 Å². The van der Waals surface area contributed by atoms with E-state index >= 15 is 0 Å². The second-order valence-electron chi connectivity index (χ2n) is 6.52. The van der Waals surface area contributed by atoms with E-state index in [1.165, 1.54) is 21.7 Å². The summed E-state index contributed by atoms with van der Waals surface area (Å²) >= 11 is 0. The lowest BCUT2D eigenvalue weighted by Crippen LogP contribution is -2.40. The van der Waals surface area contributed by atoms with E-state index in [1.807, 2.05) is 0 Å². The van der Waals surface area contributed by atoms with E-state index in [4.69, 9.17) is 9.26 Å². The Kier molecular flexibility index (Phi) is 6.27. The molecule has 1 saturated heterocycles. The molecular formula is C13H27BFO6P. The van der Waals surface area contributed by atoms with Crippen molar-refractivity contribution in [1.82, 2.24) is 0 Å². The highest BCUT2D eigenvalue weighted by molar-refractivity contribution is 7.54. The maximum Gasteiger partial charge on any atom is 0.359 e. The lowest BCUT2D eigenvalue weighted by atomic mass is 9.88. The van der Waals surface area contributed by atoms with Crippen molar-refractivity contribution in [2.75, 3.05) is 0 Å². The van der Waals surface area contributed by atoms with Crippen LogP contribution >= 0.6 is 7.60 Å². The van der Waals surface area contributed by atoms with Gasteiger partial charge in [0, 0.05) is 6.42 Å². The van der Waals surface area contributed by atoms with Crippen molar-refractivity contribution in [2.45, 2.75) is 82.3 Å². The minimum atomic E-state index is -4.31. The van der Waals surface area contributed by atoms with Crippen LogP contribution in [-0.2, 0) is 13.8 Å². The third-order valence-corrected chi connectivity index (χ3v) is 6.43. The van der Waals surface area contributed by atoms with E-state index in [1.54, 1.807) is 13.8 Å². The number of ether oxygens (including phenoxy) is 1. The summed E-state index contributed by atoms with van der Waals surface area (Å²) in [6.07, 6.45) is -2.80. The van der Waals surface area contributed by atoms with Crippen molar-refractivity contribution in [1.29, 1.82) is 0 Å². The molecule has 6 nitrogen and oxygen atoms in total. The molecule has 0 aromatic heterocycles. The SMILES string of the molecule is B[C@@H]1O[C@H](CC(CC)(CC)OP(=O)(O)C(C)(C)O)[C@@H](O)[C@H]1F. The van der Waals surface area contributed by atoms with Gasteiger partial charge in [-0.3, -0.25) is 9.09 Å². The molecule has 0 aromatic carbocycles. The highest BCUT2D eigenvalue weighted by Crippen LogP contribution is 2.58. The molecule has 3 N–H and O–H groups in total. The second-order valence-corrected chi connectivity index (χ2v) is 8.83. The molecular weight excluding hydrogens is 313 g/mol. The molecule has 0 bridgehead atoms. The number of hydrogen-bond donors (Lipinski definition) is 3. The number of aliphatic hydroxyl groups excluding tert-OH is 1. The Morgan fingerprint density at radius 3 is 2.18 bits per heavy atom. The fraction of sp³-hybridized carbons (Fsp3) is 1.00. The number of hydrogen-bond acceptors (Lipinski definition) is 5. The molecule has 1 rings (SSSR count). The van der Waals surface area contributed by atoms with Crippen molar-refractivity contribution in [3.63, 3.8) is 0 Å². The molecule has 22 heavy (non-hydrogen) atoms. The summed E-state index contributed by atoms with van der Waals surface area (Å²) in [4.78, 5) is 10.00. The third-order valence-electron chi connectivity index (χ3n) is 4.42. The quantitative estimate of drug-likeness (QED) is 0.471.